The van der Waals surface area contributed by atoms with E-state index in [4.69, 9.17) is 4.43 Å². The zero-order chi connectivity index (χ0) is 17.5. The maximum atomic E-state index is 12.3. The Hall–Kier alpha value is -0.613. The van der Waals surface area contributed by atoms with E-state index in [1.165, 1.54) is 12.8 Å². The van der Waals surface area contributed by atoms with E-state index in [2.05, 4.69) is 40.4 Å². The van der Waals surface area contributed by atoms with Crippen LogP contribution in [-0.4, -0.2) is 38.3 Å². The summed E-state index contributed by atoms with van der Waals surface area (Å²) in [5.74, 6) is 0.315. The third-order valence-corrected chi connectivity index (χ3v) is 9.85. The number of allylic oxidation sites excluding steroid dienone is 1. The Morgan fingerprint density at radius 1 is 1.26 bits per heavy atom. The van der Waals surface area contributed by atoms with Crippen LogP contribution < -0.4 is 0 Å². The summed E-state index contributed by atoms with van der Waals surface area (Å²) in [6.07, 6.45) is 9.56. The lowest BCUT2D eigenvalue weighted by Gasteiger charge is -2.38. The molecule has 0 aromatic heterocycles. The minimum absolute atomic E-state index is 0.232. The van der Waals surface area contributed by atoms with Crippen LogP contribution in [0.3, 0.4) is 0 Å². The summed E-state index contributed by atoms with van der Waals surface area (Å²) in [7, 11) is -1.72. The zero-order valence-corrected chi connectivity index (χ0v) is 17.0. The van der Waals surface area contributed by atoms with Gasteiger partial charge < -0.3 is 9.33 Å². The molecule has 1 aliphatic heterocycles. The van der Waals surface area contributed by atoms with Crippen LogP contribution in [-0.2, 0) is 9.22 Å². The summed E-state index contributed by atoms with van der Waals surface area (Å²) >= 11 is 0. The zero-order valence-electron chi connectivity index (χ0n) is 16.0. The monoisotopic (exact) mass is 339 g/mol. The first kappa shape index (κ1) is 20.4. The Morgan fingerprint density at radius 3 is 2.52 bits per heavy atom. The first-order valence-electron chi connectivity index (χ1n) is 9.24. The molecule has 0 bridgehead atoms. The number of rotatable bonds is 9. The van der Waals surface area contributed by atoms with Gasteiger partial charge in [-0.05, 0) is 43.8 Å². The van der Waals surface area contributed by atoms with Gasteiger partial charge in [-0.1, -0.05) is 39.7 Å². The predicted octanol–water partition coefficient (Wildman–Crippen LogP) is 5.14. The molecule has 3 nitrogen and oxygen atoms in total. The quantitative estimate of drug-likeness (QED) is 0.331. The van der Waals surface area contributed by atoms with Crippen molar-refractivity contribution < 1.29 is 9.22 Å². The van der Waals surface area contributed by atoms with Crippen molar-refractivity contribution in [1.82, 2.24) is 4.90 Å². The number of nitrogens with zero attached hydrogens (tertiary/aromatic N) is 1. The van der Waals surface area contributed by atoms with Crippen molar-refractivity contribution in [3.05, 3.63) is 12.7 Å². The molecule has 4 heteroatoms. The van der Waals surface area contributed by atoms with E-state index >= 15 is 0 Å². The van der Waals surface area contributed by atoms with E-state index in [-0.39, 0.29) is 11.1 Å². The fraction of sp³-hybridized carbons (Fsp3) is 0.842. The SMILES string of the molecule is C=CCCCCCCC(=O)N1CC[C@@H](O[Si](C)(C)C(C)(C)C)C1. The molecule has 0 radical (unpaired) electrons. The maximum Gasteiger partial charge on any atom is 0.222 e. The molecule has 1 amide bonds. The van der Waals surface area contributed by atoms with Crippen LogP contribution in [0.5, 0.6) is 0 Å². The van der Waals surface area contributed by atoms with E-state index in [9.17, 15) is 4.79 Å². The number of hydrogen-bond acceptors (Lipinski definition) is 2. The van der Waals surface area contributed by atoms with Crippen LogP contribution in [0.15, 0.2) is 12.7 Å². The largest absolute Gasteiger partial charge is 0.412 e. The molecule has 0 aromatic carbocycles. The number of unbranched alkanes of at least 4 members (excludes halogenated alkanes) is 4. The molecule has 1 atom stereocenters. The summed E-state index contributed by atoms with van der Waals surface area (Å²) in [5.41, 5.74) is 0. The molecule has 0 aromatic rings. The first-order valence-corrected chi connectivity index (χ1v) is 12.1. The van der Waals surface area contributed by atoms with E-state index in [0.29, 0.717) is 12.3 Å². The Labute approximate surface area is 144 Å². The Balaban J connectivity index is 2.28. The Kier molecular flexibility index (Phi) is 8.02. The van der Waals surface area contributed by atoms with Crippen LogP contribution in [0.4, 0.5) is 0 Å². The lowest BCUT2D eigenvalue weighted by atomic mass is 10.1. The van der Waals surface area contributed by atoms with Gasteiger partial charge in [0, 0.05) is 19.5 Å². The first-order chi connectivity index (χ1) is 10.7. The molecular weight excluding hydrogens is 302 g/mol. The highest BCUT2D eigenvalue weighted by Crippen LogP contribution is 2.38. The summed E-state index contributed by atoms with van der Waals surface area (Å²) in [4.78, 5) is 14.3. The fourth-order valence-corrected chi connectivity index (χ4v) is 4.10. The average molecular weight is 340 g/mol. The van der Waals surface area contributed by atoms with Crippen molar-refractivity contribution in [3.8, 4) is 0 Å². The molecule has 0 unspecified atom stereocenters. The van der Waals surface area contributed by atoms with Crippen molar-refractivity contribution in [3.63, 3.8) is 0 Å². The van der Waals surface area contributed by atoms with Gasteiger partial charge in [-0.2, -0.15) is 0 Å². The number of hydrogen-bond donors (Lipinski definition) is 0. The van der Waals surface area contributed by atoms with Gasteiger partial charge in [0.1, 0.15) is 0 Å². The minimum atomic E-state index is -1.72. The van der Waals surface area contributed by atoms with Crippen molar-refractivity contribution in [2.24, 2.45) is 0 Å². The smallest absolute Gasteiger partial charge is 0.222 e. The van der Waals surface area contributed by atoms with Gasteiger partial charge in [-0.3, -0.25) is 4.79 Å². The molecule has 1 saturated heterocycles. The minimum Gasteiger partial charge on any atom is -0.412 e. The van der Waals surface area contributed by atoms with Gasteiger partial charge in [0.25, 0.3) is 0 Å². The van der Waals surface area contributed by atoms with E-state index < -0.39 is 8.32 Å². The second-order valence-corrected chi connectivity index (χ2v) is 13.1. The molecule has 0 aliphatic carbocycles. The highest BCUT2D eigenvalue weighted by Gasteiger charge is 2.40. The number of likely N-dealkylation sites (tertiary alicyclic amines) is 1. The molecule has 0 saturated carbocycles. The predicted molar refractivity (Wildman–Crippen MR) is 101 cm³/mol. The standard InChI is InChI=1S/C19H37NO2Si/c1-7-8-9-10-11-12-13-18(21)20-15-14-17(16-20)22-23(5,6)19(2,3)4/h7,17H,1,8-16H2,2-6H3/t17-/m1/s1. The van der Waals surface area contributed by atoms with Gasteiger partial charge in [0.15, 0.2) is 8.32 Å². The van der Waals surface area contributed by atoms with Gasteiger partial charge in [0.05, 0.1) is 6.10 Å². The van der Waals surface area contributed by atoms with Gasteiger partial charge in [-0.15, -0.1) is 6.58 Å². The van der Waals surface area contributed by atoms with Crippen LogP contribution in [0.25, 0.3) is 0 Å². The normalized spacial score (nSPS) is 19.2. The van der Waals surface area contributed by atoms with Crippen LogP contribution >= 0.6 is 0 Å². The molecule has 134 valence electrons. The molecule has 1 heterocycles. The molecule has 1 rings (SSSR count). The number of carbonyl (C=O) groups is 1. The summed E-state index contributed by atoms with van der Waals surface area (Å²) in [6.45, 7) is 16.8. The fourth-order valence-electron chi connectivity index (χ4n) is 2.72. The molecule has 1 fully saturated rings. The van der Waals surface area contributed by atoms with E-state index in [0.717, 1.165) is 38.8 Å². The maximum absolute atomic E-state index is 12.3. The molecular formula is C19H37NO2Si. The lowest BCUT2D eigenvalue weighted by molar-refractivity contribution is -0.130. The van der Waals surface area contributed by atoms with Gasteiger partial charge >= 0.3 is 0 Å². The van der Waals surface area contributed by atoms with E-state index in [1.807, 2.05) is 11.0 Å². The van der Waals surface area contributed by atoms with Crippen molar-refractivity contribution in [1.29, 1.82) is 0 Å². The van der Waals surface area contributed by atoms with Crippen LogP contribution in [0, 0.1) is 0 Å². The molecule has 0 spiro atoms. The highest BCUT2D eigenvalue weighted by atomic mass is 28.4. The topological polar surface area (TPSA) is 29.5 Å². The number of carbonyl (C=O) groups excluding carboxylic acids is 1. The lowest BCUT2D eigenvalue weighted by Crippen LogP contribution is -2.44. The van der Waals surface area contributed by atoms with Gasteiger partial charge in [-0.25, -0.2) is 0 Å². The molecule has 1 aliphatic rings. The second kappa shape index (κ2) is 9.02. The third kappa shape index (κ3) is 6.80. The van der Waals surface area contributed by atoms with Crippen molar-refractivity contribution in [2.75, 3.05) is 13.1 Å². The third-order valence-electron chi connectivity index (χ3n) is 5.31. The Morgan fingerprint density at radius 2 is 1.91 bits per heavy atom. The van der Waals surface area contributed by atoms with E-state index in [1.54, 1.807) is 0 Å². The molecule has 23 heavy (non-hydrogen) atoms. The summed E-state index contributed by atoms with van der Waals surface area (Å²) in [6, 6.07) is 0. The Bertz CT molecular complexity index is 387. The van der Waals surface area contributed by atoms with Gasteiger partial charge in [0.2, 0.25) is 5.91 Å². The second-order valence-electron chi connectivity index (χ2n) is 8.37. The summed E-state index contributed by atoms with van der Waals surface area (Å²) in [5, 5.41) is 0.232. The van der Waals surface area contributed by atoms with Crippen LogP contribution in [0.2, 0.25) is 18.1 Å². The van der Waals surface area contributed by atoms with Crippen molar-refractivity contribution in [2.45, 2.75) is 90.0 Å². The average Bonchev–Trinajstić information content (AvgIpc) is 2.89. The molecule has 0 N–H and O–H groups in total. The number of amides is 1. The van der Waals surface area contributed by atoms with Crippen LogP contribution in [0.1, 0.15) is 65.7 Å². The summed E-state index contributed by atoms with van der Waals surface area (Å²) < 4.78 is 6.45. The highest BCUT2D eigenvalue weighted by molar-refractivity contribution is 6.74. The van der Waals surface area contributed by atoms with Crippen molar-refractivity contribution >= 4 is 14.2 Å².